The molecule has 8 nitrogen and oxygen atoms in total. The molecule has 9 heteroatoms. The van der Waals surface area contributed by atoms with Gasteiger partial charge in [0.1, 0.15) is 5.82 Å². The third-order valence-corrected chi connectivity index (χ3v) is 2.67. The Balaban J connectivity index is 2.46. The summed E-state index contributed by atoms with van der Waals surface area (Å²) in [7, 11) is -3.57. The summed E-state index contributed by atoms with van der Waals surface area (Å²) in [5, 5.41) is 13.5. The Bertz CT molecular complexity index is 481. The topological polar surface area (TPSA) is 131 Å². The Labute approximate surface area is 99.1 Å². The normalized spacial score (nSPS) is 11.4. The number of carbonyl (C=O) groups is 1. The highest BCUT2D eigenvalue weighted by Gasteiger charge is 2.12. The number of H-pyrrole nitrogens is 1. The highest BCUT2D eigenvalue weighted by molar-refractivity contribution is 7.89. The molecule has 0 radical (unpaired) electrons. The average Bonchev–Trinajstić information content (AvgIpc) is 2.65. The van der Waals surface area contributed by atoms with E-state index in [0.717, 1.165) is 6.42 Å². The van der Waals surface area contributed by atoms with Crippen LogP contribution in [0.2, 0.25) is 0 Å². The van der Waals surface area contributed by atoms with Crippen LogP contribution in [0.3, 0.4) is 0 Å². The van der Waals surface area contributed by atoms with E-state index in [-0.39, 0.29) is 18.1 Å². The monoisotopic (exact) mass is 261 g/mol. The minimum atomic E-state index is -3.57. The second kappa shape index (κ2) is 5.73. The number of hydrogen-bond donors (Lipinski definition) is 3. The van der Waals surface area contributed by atoms with Crippen LogP contribution >= 0.6 is 0 Å². The molecule has 0 fully saturated rings. The number of primary sulfonamides is 1. The van der Waals surface area contributed by atoms with Gasteiger partial charge in [-0.25, -0.2) is 18.5 Å². The van der Waals surface area contributed by atoms with Gasteiger partial charge >= 0.3 is 0 Å². The number of carbonyl (C=O) groups excluding carboxylic acids is 1. The number of amides is 1. The number of rotatable bonds is 6. The molecule has 1 aromatic rings. The van der Waals surface area contributed by atoms with E-state index in [4.69, 9.17) is 5.14 Å². The maximum absolute atomic E-state index is 11.5. The van der Waals surface area contributed by atoms with Crippen molar-refractivity contribution in [2.45, 2.75) is 19.8 Å². The van der Waals surface area contributed by atoms with Crippen LogP contribution in [0, 0.1) is 0 Å². The lowest BCUT2D eigenvalue weighted by Crippen LogP contribution is -2.32. The van der Waals surface area contributed by atoms with E-state index in [2.05, 4.69) is 20.5 Å². The van der Waals surface area contributed by atoms with Gasteiger partial charge in [0.05, 0.1) is 5.75 Å². The fraction of sp³-hybridized carbons (Fsp3) is 0.625. The van der Waals surface area contributed by atoms with Crippen molar-refractivity contribution in [1.29, 1.82) is 0 Å². The van der Waals surface area contributed by atoms with E-state index in [0.29, 0.717) is 12.2 Å². The molecule has 0 spiro atoms. The first kappa shape index (κ1) is 13.6. The molecule has 96 valence electrons. The second-order valence-electron chi connectivity index (χ2n) is 3.48. The summed E-state index contributed by atoms with van der Waals surface area (Å²) in [6.45, 7) is 1.92. The fourth-order valence-electron chi connectivity index (χ4n) is 1.13. The summed E-state index contributed by atoms with van der Waals surface area (Å²) in [6.07, 6.45) is 1.60. The van der Waals surface area contributed by atoms with Gasteiger partial charge < -0.3 is 5.32 Å². The van der Waals surface area contributed by atoms with E-state index in [9.17, 15) is 13.2 Å². The zero-order valence-corrected chi connectivity index (χ0v) is 10.2. The minimum Gasteiger partial charge on any atom is -0.348 e. The van der Waals surface area contributed by atoms with Crippen molar-refractivity contribution in [3.05, 3.63) is 11.6 Å². The van der Waals surface area contributed by atoms with Gasteiger partial charge in [0.15, 0.2) is 0 Å². The summed E-state index contributed by atoms with van der Waals surface area (Å²) in [5.74, 6) is -0.204. The van der Waals surface area contributed by atoms with Crippen LogP contribution in [0.15, 0.2) is 0 Å². The van der Waals surface area contributed by atoms with Crippen molar-refractivity contribution in [3.8, 4) is 0 Å². The molecule has 0 aromatic carbocycles. The van der Waals surface area contributed by atoms with E-state index in [1.165, 1.54) is 0 Å². The maximum atomic E-state index is 11.5. The number of aromatic amines is 1. The highest BCUT2D eigenvalue weighted by Crippen LogP contribution is 1.96. The van der Waals surface area contributed by atoms with Crippen molar-refractivity contribution in [1.82, 2.24) is 20.5 Å². The summed E-state index contributed by atoms with van der Waals surface area (Å²) < 4.78 is 21.3. The lowest BCUT2D eigenvalue weighted by Gasteiger charge is -2.00. The van der Waals surface area contributed by atoms with Crippen LogP contribution in [-0.4, -0.2) is 41.8 Å². The molecule has 1 amide bonds. The zero-order chi connectivity index (χ0) is 12.9. The molecule has 0 saturated carbocycles. The smallest absolute Gasteiger partial charge is 0.290 e. The molecule has 0 aliphatic carbocycles. The van der Waals surface area contributed by atoms with E-state index in [1.807, 2.05) is 6.92 Å². The number of aryl methyl sites for hydroxylation is 1. The van der Waals surface area contributed by atoms with Crippen LogP contribution in [0.5, 0.6) is 0 Å². The number of nitrogens with zero attached hydrogens (tertiary/aromatic N) is 2. The van der Waals surface area contributed by atoms with Crippen LogP contribution in [0.4, 0.5) is 0 Å². The first-order chi connectivity index (χ1) is 7.92. The molecule has 0 aliphatic rings. The predicted octanol–water partition coefficient (Wildman–Crippen LogP) is -1.22. The third kappa shape index (κ3) is 4.91. The lowest BCUT2D eigenvalue weighted by atomic mass is 10.3. The summed E-state index contributed by atoms with van der Waals surface area (Å²) in [4.78, 5) is 15.4. The predicted molar refractivity (Wildman–Crippen MR) is 60.7 cm³/mol. The molecular weight excluding hydrogens is 246 g/mol. The number of nitrogens with one attached hydrogen (secondary N) is 2. The van der Waals surface area contributed by atoms with E-state index < -0.39 is 15.9 Å². The molecular formula is C8H15N5O3S. The van der Waals surface area contributed by atoms with Crippen LogP contribution < -0.4 is 10.5 Å². The first-order valence-corrected chi connectivity index (χ1v) is 6.84. The van der Waals surface area contributed by atoms with Crippen molar-refractivity contribution in [3.63, 3.8) is 0 Å². The number of sulfonamides is 1. The van der Waals surface area contributed by atoms with Gasteiger partial charge in [0.25, 0.3) is 5.91 Å². The van der Waals surface area contributed by atoms with Crippen molar-refractivity contribution in [2.24, 2.45) is 5.14 Å². The average molecular weight is 261 g/mol. The second-order valence-corrected chi connectivity index (χ2v) is 5.21. The molecule has 0 bridgehead atoms. The molecule has 17 heavy (non-hydrogen) atoms. The Kier molecular flexibility index (Phi) is 4.58. The Morgan fingerprint density at radius 2 is 2.24 bits per heavy atom. The molecule has 4 N–H and O–H groups in total. The van der Waals surface area contributed by atoms with Gasteiger partial charge in [0, 0.05) is 13.0 Å². The Morgan fingerprint density at radius 1 is 1.53 bits per heavy atom. The van der Waals surface area contributed by atoms with Crippen molar-refractivity contribution >= 4 is 15.9 Å². The maximum Gasteiger partial charge on any atom is 0.290 e. The molecule has 0 unspecified atom stereocenters. The van der Waals surface area contributed by atoms with E-state index >= 15 is 0 Å². The van der Waals surface area contributed by atoms with Gasteiger partial charge in [-0.15, -0.1) is 5.10 Å². The van der Waals surface area contributed by atoms with Crippen LogP contribution in [-0.2, 0) is 16.4 Å². The van der Waals surface area contributed by atoms with Gasteiger partial charge in [0.2, 0.25) is 15.8 Å². The third-order valence-electron chi connectivity index (χ3n) is 1.89. The molecule has 0 aliphatic heterocycles. The Morgan fingerprint density at radius 3 is 2.82 bits per heavy atom. The molecule has 0 atom stereocenters. The summed E-state index contributed by atoms with van der Waals surface area (Å²) in [6, 6.07) is 0. The quantitative estimate of drug-likeness (QED) is 0.590. The van der Waals surface area contributed by atoms with Gasteiger partial charge in [-0.05, 0) is 6.42 Å². The highest BCUT2D eigenvalue weighted by atomic mass is 32.2. The first-order valence-electron chi connectivity index (χ1n) is 5.12. The SMILES string of the molecule is CCCc1nc(C(=O)NCCS(N)(=O)=O)n[nH]1. The minimum absolute atomic E-state index is 0.00266. The Hall–Kier alpha value is -1.48. The molecule has 1 rings (SSSR count). The van der Waals surface area contributed by atoms with E-state index in [1.54, 1.807) is 0 Å². The zero-order valence-electron chi connectivity index (χ0n) is 9.43. The molecule has 0 saturated heterocycles. The number of nitrogens with two attached hydrogens (primary N) is 1. The largest absolute Gasteiger partial charge is 0.348 e. The van der Waals surface area contributed by atoms with Gasteiger partial charge in [-0.1, -0.05) is 6.92 Å². The number of hydrogen-bond acceptors (Lipinski definition) is 5. The van der Waals surface area contributed by atoms with Crippen molar-refractivity contribution < 1.29 is 13.2 Å². The van der Waals surface area contributed by atoms with Gasteiger partial charge in [-0.2, -0.15) is 0 Å². The molecule has 1 heterocycles. The summed E-state index contributed by atoms with van der Waals surface area (Å²) >= 11 is 0. The van der Waals surface area contributed by atoms with Crippen LogP contribution in [0.25, 0.3) is 0 Å². The van der Waals surface area contributed by atoms with Crippen molar-refractivity contribution in [2.75, 3.05) is 12.3 Å². The standard InChI is InChI=1S/C8H15N5O3S/c1-2-3-6-11-7(13-12-6)8(14)10-4-5-17(9,15)16/h2-5H2,1H3,(H,10,14)(H2,9,15,16)(H,11,12,13). The lowest BCUT2D eigenvalue weighted by molar-refractivity contribution is 0.0946. The fourth-order valence-corrected chi connectivity index (χ4v) is 1.52. The summed E-state index contributed by atoms with van der Waals surface area (Å²) in [5.41, 5.74) is 0. The van der Waals surface area contributed by atoms with Gasteiger partial charge in [-0.3, -0.25) is 9.89 Å². The number of aromatic nitrogens is 3. The molecule has 1 aromatic heterocycles. The van der Waals surface area contributed by atoms with Crippen LogP contribution in [0.1, 0.15) is 29.8 Å².